The van der Waals surface area contributed by atoms with Gasteiger partial charge >= 0.3 is 0 Å². The van der Waals surface area contributed by atoms with Crippen molar-refractivity contribution in [3.05, 3.63) is 71.8 Å². The Bertz CT molecular complexity index is 524. The quantitative estimate of drug-likeness (QED) is 0.890. The van der Waals surface area contributed by atoms with Crippen molar-refractivity contribution in [3.63, 3.8) is 0 Å². The van der Waals surface area contributed by atoms with Crippen LogP contribution in [0, 0.1) is 0 Å². The number of hydrogen-bond donors (Lipinski definition) is 2. The van der Waals surface area contributed by atoms with Gasteiger partial charge in [-0.25, -0.2) is 0 Å². The summed E-state index contributed by atoms with van der Waals surface area (Å²) < 4.78 is 0. The highest BCUT2D eigenvalue weighted by Crippen LogP contribution is 2.23. The number of hydrogen-bond acceptors (Lipinski definition) is 3. The molecule has 0 spiro atoms. The van der Waals surface area contributed by atoms with E-state index in [-0.39, 0.29) is 0 Å². The molecule has 3 rings (SSSR count). The zero-order valence-electron chi connectivity index (χ0n) is 11.4. The lowest BCUT2D eigenvalue weighted by Crippen LogP contribution is -2.36. The van der Waals surface area contributed by atoms with Crippen molar-refractivity contribution in [2.75, 3.05) is 19.6 Å². The molecule has 0 saturated carbocycles. The van der Waals surface area contributed by atoms with Crippen LogP contribution < -0.4 is 10.6 Å². The summed E-state index contributed by atoms with van der Waals surface area (Å²) in [4.78, 5) is 4.39. The standard InChI is InChI=1S/C17H19N3/c1-3-7-14(8-4-1)16(15-9-5-2-6-10-15)13-20-17-18-11-12-19-17/h1-10,16H,11-13H2,(H2,18,19,20). The number of rotatable bonds is 4. The molecule has 0 aliphatic carbocycles. The van der Waals surface area contributed by atoms with Gasteiger partial charge in [0.25, 0.3) is 0 Å². The molecule has 2 aromatic rings. The topological polar surface area (TPSA) is 36.4 Å². The fourth-order valence-corrected chi connectivity index (χ4v) is 2.51. The minimum atomic E-state index is 0.336. The fraction of sp³-hybridized carbons (Fsp3) is 0.235. The van der Waals surface area contributed by atoms with Gasteiger partial charge in [-0.2, -0.15) is 0 Å². The maximum absolute atomic E-state index is 4.39. The molecule has 2 aromatic carbocycles. The second-order valence-electron chi connectivity index (χ2n) is 4.91. The largest absolute Gasteiger partial charge is 0.355 e. The highest BCUT2D eigenvalue weighted by atomic mass is 15.2. The molecular formula is C17H19N3. The van der Waals surface area contributed by atoms with Crippen molar-refractivity contribution in [2.24, 2.45) is 4.99 Å². The normalized spacial score (nSPS) is 13.9. The summed E-state index contributed by atoms with van der Waals surface area (Å²) in [6.07, 6.45) is 0. The zero-order valence-corrected chi connectivity index (χ0v) is 11.4. The first kappa shape index (κ1) is 12.7. The molecule has 1 aliphatic heterocycles. The Balaban J connectivity index is 1.80. The van der Waals surface area contributed by atoms with Crippen LogP contribution in [0.25, 0.3) is 0 Å². The van der Waals surface area contributed by atoms with E-state index in [2.05, 4.69) is 76.3 Å². The van der Waals surface area contributed by atoms with Gasteiger partial charge in [0.2, 0.25) is 0 Å². The van der Waals surface area contributed by atoms with E-state index in [0.29, 0.717) is 5.92 Å². The van der Waals surface area contributed by atoms with Crippen molar-refractivity contribution in [1.29, 1.82) is 0 Å². The van der Waals surface area contributed by atoms with Gasteiger partial charge < -0.3 is 10.6 Å². The summed E-state index contributed by atoms with van der Waals surface area (Å²) >= 11 is 0. The predicted molar refractivity (Wildman–Crippen MR) is 83.0 cm³/mol. The van der Waals surface area contributed by atoms with Gasteiger partial charge in [-0.3, -0.25) is 4.99 Å². The van der Waals surface area contributed by atoms with E-state index in [0.717, 1.165) is 25.6 Å². The van der Waals surface area contributed by atoms with Crippen LogP contribution in [0.2, 0.25) is 0 Å². The molecule has 0 unspecified atom stereocenters. The summed E-state index contributed by atoms with van der Waals surface area (Å²) in [5.74, 6) is 1.25. The fourth-order valence-electron chi connectivity index (χ4n) is 2.51. The van der Waals surface area contributed by atoms with E-state index in [1.807, 2.05) is 0 Å². The van der Waals surface area contributed by atoms with Crippen molar-refractivity contribution in [1.82, 2.24) is 10.6 Å². The van der Waals surface area contributed by atoms with Gasteiger partial charge in [0.15, 0.2) is 5.96 Å². The average molecular weight is 265 g/mol. The highest BCUT2D eigenvalue weighted by molar-refractivity contribution is 5.81. The van der Waals surface area contributed by atoms with Crippen LogP contribution in [0.5, 0.6) is 0 Å². The summed E-state index contributed by atoms with van der Waals surface area (Å²) in [5.41, 5.74) is 2.65. The summed E-state index contributed by atoms with van der Waals surface area (Å²) in [6.45, 7) is 2.65. The molecule has 20 heavy (non-hydrogen) atoms. The zero-order chi connectivity index (χ0) is 13.6. The third kappa shape index (κ3) is 2.99. The first-order valence-electron chi connectivity index (χ1n) is 7.05. The first-order chi connectivity index (χ1) is 9.93. The van der Waals surface area contributed by atoms with E-state index in [4.69, 9.17) is 0 Å². The van der Waals surface area contributed by atoms with Crippen molar-refractivity contribution in [3.8, 4) is 0 Å². The Labute approximate surface area is 119 Å². The van der Waals surface area contributed by atoms with Crippen LogP contribution in [0.1, 0.15) is 17.0 Å². The maximum Gasteiger partial charge on any atom is 0.191 e. The first-order valence-corrected chi connectivity index (χ1v) is 7.05. The van der Waals surface area contributed by atoms with E-state index in [1.165, 1.54) is 11.1 Å². The van der Waals surface area contributed by atoms with Gasteiger partial charge in [-0.1, -0.05) is 60.7 Å². The van der Waals surface area contributed by atoms with E-state index >= 15 is 0 Å². The maximum atomic E-state index is 4.39. The molecule has 2 N–H and O–H groups in total. The molecule has 102 valence electrons. The molecule has 0 fully saturated rings. The van der Waals surface area contributed by atoms with Gasteiger partial charge in [-0.05, 0) is 11.1 Å². The molecule has 3 heteroatoms. The molecule has 0 bridgehead atoms. The Kier molecular flexibility index (Phi) is 3.97. The predicted octanol–water partition coefficient (Wildman–Crippen LogP) is 2.37. The summed E-state index contributed by atoms with van der Waals surface area (Å²) in [6, 6.07) is 21.2. The Morgan fingerprint density at radius 3 is 2.05 bits per heavy atom. The Morgan fingerprint density at radius 2 is 1.55 bits per heavy atom. The number of nitrogens with one attached hydrogen (secondary N) is 2. The molecule has 1 aliphatic rings. The number of benzene rings is 2. The molecule has 0 radical (unpaired) electrons. The van der Waals surface area contributed by atoms with Crippen molar-refractivity contribution in [2.45, 2.75) is 5.92 Å². The van der Waals surface area contributed by atoms with Crippen LogP contribution in [-0.4, -0.2) is 25.6 Å². The van der Waals surface area contributed by atoms with Gasteiger partial charge in [0.1, 0.15) is 0 Å². The molecule has 3 nitrogen and oxygen atoms in total. The third-order valence-electron chi connectivity index (χ3n) is 3.55. The summed E-state index contributed by atoms with van der Waals surface area (Å²) in [7, 11) is 0. The van der Waals surface area contributed by atoms with Gasteiger partial charge in [0.05, 0.1) is 6.54 Å². The van der Waals surface area contributed by atoms with E-state index in [9.17, 15) is 0 Å². The average Bonchev–Trinajstić information content (AvgIpc) is 3.03. The number of guanidine groups is 1. The van der Waals surface area contributed by atoms with Crippen LogP contribution in [0.3, 0.4) is 0 Å². The molecule has 0 aromatic heterocycles. The molecule has 0 amide bonds. The van der Waals surface area contributed by atoms with E-state index in [1.54, 1.807) is 0 Å². The van der Waals surface area contributed by atoms with Crippen LogP contribution in [-0.2, 0) is 0 Å². The summed E-state index contributed by atoms with van der Waals surface area (Å²) in [5, 5.41) is 6.67. The van der Waals surface area contributed by atoms with Crippen LogP contribution >= 0.6 is 0 Å². The van der Waals surface area contributed by atoms with Crippen LogP contribution in [0.4, 0.5) is 0 Å². The minimum Gasteiger partial charge on any atom is -0.355 e. The molecule has 1 heterocycles. The Morgan fingerprint density at radius 1 is 0.950 bits per heavy atom. The number of aliphatic imine (C=N–C) groups is 1. The van der Waals surface area contributed by atoms with Gasteiger partial charge in [0, 0.05) is 19.0 Å². The minimum absolute atomic E-state index is 0.336. The monoisotopic (exact) mass is 265 g/mol. The highest BCUT2D eigenvalue weighted by Gasteiger charge is 2.15. The Hall–Kier alpha value is -2.29. The lowest BCUT2D eigenvalue weighted by atomic mass is 9.91. The van der Waals surface area contributed by atoms with E-state index < -0.39 is 0 Å². The van der Waals surface area contributed by atoms with Gasteiger partial charge in [-0.15, -0.1) is 0 Å². The molecular weight excluding hydrogens is 246 g/mol. The number of nitrogens with zero attached hydrogens (tertiary/aromatic N) is 1. The van der Waals surface area contributed by atoms with Crippen molar-refractivity contribution >= 4 is 5.96 Å². The molecule has 0 saturated heterocycles. The molecule has 0 atom stereocenters. The second-order valence-corrected chi connectivity index (χ2v) is 4.91. The van der Waals surface area contributed by atoms with Crippen molar-refractivity contribution < 1.29 is 0 Å². The smallest absolute Gasteiger partial charge is 0.191 e. The SMILES string of the molecule is c1ccc(C(CNC2=NCCN2)c2ccccc2)cc1. The lowest BCUT2D eigenvalue weighted by molar-refractivity contribution is 0.745. The van der Waals surface area contributed by atoms with Crippen LogP contribution in [0.15, 0.2) is 65.7 Å². The lowest BCUT2D eigenvalue weighted by Gasteiger charge is -2.19. The third-order valence-corrected chi connectivity index (χ3v) is 3.55. The second kappa shape index (κ2) is 6.24.